The first-order valence-corrected chi connectivity index (χ1v) is 13.6. The first kappa shape index (κ1) is 23.7. The van der Waals surface area contributed by atoms with E-state index in [-0.39, 0.29) is 5.82 Å². The van der Waals surface area contributed by atoms with Gasteiger partial charge >= 0.3 is 0 Å². The molecular formula is C32H29FN6. The van der Waals surface area contributed by atoms with Crippen LogP contribution >= 0.6 is 0 Å². The number of aromatic nitrogens is 5. The average molecular weight is 517 g/mol. The van der Waals surface area contributed by atoms with Crippen molar-refractivity contribution in [1.29, 1.82) is 0 Å². The van der Waals surface area contributed by atoms with Gasteiger partial charge in [-0.15, -0.1) is 0 Å². The molecule has 6 nitrogen and oxygen atoms in total. The topological polar surface area (TPSA) is 82.3 Å². The van der Waals surface area contributed by atoms with Gasteiger partial charge in [-0.2, -0.15) is 5.10 Å². The van der Waals surface area contributed by atoms with Crippen molar-refractivity contribution in [3.63, 3.8) is 0 Å². The van der Waals surface area contributed by atoms with E-state index in [0.717, 1.165) is 63.4 Å². The maximum Gasteiger partial charge on any atom is 0.181 e. The Bertz CT molecular complexity index is 1760. The molecular weight excluding hydrogens is 487 g/mol. The van der Waals surface area contributed by atoms with E-state index < -0.39 is 0 Å². The van der Waals surface area contributed by atoms with Crippen molar-refractivity contribution < 1.29 is 4.39 Å². The summed E-state index contributed by atoms with van der Waals surface area (Å²) in [6.07, 6.45) is 7.33. The van der Waals surface area contributed by atoms with Crippen LogP contribution < -0.4 is 5.32 Å². The highest BCUT2D eigenvalue weighted by Crippen LogP contribution is 2.33. The third-order valence-corrected chi connectivity index (χ3v) is 7.81. The Morgan fingerprint density at radius 1 is 0.897 bits per heavy atom. The van der Waals surface area contributed by atoms with Crippen LogP contribution in [0.5, 0.6) is 0 Å². The van der Waals surface area contributed by atoms with Crippen LogP contribution in [0.4, 0.5) is 4.39 Å². The quantitative estimate of drug-likeness (QED) is 0.209. The van der Waals surface area contributed by atoms with Crippen molar-refractivity contribution in [3.05, 3.63) is 90.4 Å². The van der Waals surface area contributed by atoms with Gasteiger partial charge in [0.05, 0.1) is 16.4 Å². The predicted octanol–water partition coefficient (Wildman–Crippen LogP) is 7.25. The highest BCUT2D eigenvalue weighted by Gasteiger charge is 2.17. The molecule has 0 radical (unpaired) electrons. The fourth-order valence-electron chi connectivity index (χ4n) is 5.75. The monoisotopic (exact) mass is 516 g/mol. The number of hydrogen-bond acceptors (Lipinski definition) is 4. The minimum atomic E-state index is -0.258. The standard InChI is InChI=1S/C32H29FN6/c33-25-13-11-22(12-14-25)26-9-4-10-28-29(26)37-32(36-28)30-27-16-24(19-35-31(27)39-38-30)23-8-3-7-21(15-23)18-34-17-20-5-1-2-6-20/h3-4,7-16,19-20,34H,1-2,5-6,17-18H2,(H,36,37)(H,35,38,39). The minimum absolute atomic E-state index is 0.258. The maximum absolute atomic E-state index is 13.5. The van der Waals surface area contributed by atoms with Gasteiger partial charge in [-0.1, -0.05) is 55.3 Å². The number of benzene rings is 3. The van der Waals surface area contributed by atoms with Gasteiger partial charge in [0.1, 0.15) is 11.5 Å². The molecule has 3 N–H and O–H groups in total. The molecule has 7 rings (SSSR count). The molecule has 1 saturated carbocycles. The molecule has 0 bridgehead atoms. The second kappa shape index (κ2) is 10.1. The van der Waals surface area contributed by atoms with Crippen LogP contribution in [0.1, 0.15) is 31.2 Å². The maximum atomic E-state index is 13.5. The number of nitrogens with zero attached hydrogens (tertiary/aromatic N) is 3. The molecule has 0 unspecified atom stereocenters. The van der Waals surface area contributed by atoms with Crippen LogP contribution in [0.25, 0.3) is 55.8 Å². The smallest absolute Gasteiger partial charge is 0.181 e. The minimum Gasteiger partial charge on any atom is -0.337 e. The second-order valence-corrected chi connectivity index (χ2v) is 10.5. The molecule has 3 aromatic heterocycles. The summed E-state index contributed by atoms with van der Waals surface area (Å²) in [6.45, 7) is 1.96. The third-order valence-electron chi connectivity index (χ3n) is 7.81. The number of para-hydroxylation sites is 1. The largest absolute Gasteiger partial charge is 0.337 e. The number of rotatable bonds is 7. The average Bonchev–Trinajstić information content (AvgIpc) is 3.73. The van der Waals surface area contributed by atoms with Crippen molar-refractivity contribution in [3.8, 4) is 33.8 Å². The Kier molecular flexibility index (Phi) is 6.13. The van der Waals surface area contributed by atoms with E-state index in [9.17, 15) is 4.39 Å². The van der Waals surface area contributed by atoms with Gasteiger partial charge in [0.25, 0.3) is 0 Å². The highest BCUT2D eigenvalue weighted by atomic mass is 19.1. The molecule has 0 atom stereocenters. The number of pyridine rings is 1. The van der Waals surface area contributed by atoms with Gasteiger partial charge in [0.15, 0.2) is 11.5 Å². The Balaban J connectivity index is 1.20. The number of hydrogen-bond donors (Lipinski definition) is 3. The predicted molar refractivity (Wildman–Crippen MR) is 153 cm³/mol. The molecule has 6 aromatic rings. The summed E-state index contributed by atoms with van der Waals surface area (Å²) in [6, 6.07) is 23.2. The Hall–Kier alpha value is -4.36. The van der Waals surface area contributed by atoms with E-state index in [4.69, 9.17) is 4.98 Å². The van der Waals surface area contributed by atoms with Gasteiger partial charge in [-0.05, 0) is 72.3 Å². The molecule has 0 saturated heterocycles. The summed E-state index contributed by atoms with van der Waals surface area (Å²) in [4.78, 5) is 13.0. The van der Waals surface area contributed by atoms with Crippen molar-refractivity contribution in [2.45, 2.75) is 32.2 Å². The summed E-state index contributed by atoms with van der Waals surface area (Å²) in [5, 5.41) is 12.1. The van der Waals surface area contributed by atoms with E-state index in [1.54, 1.807) is 12.1 Å². The van der Waals surface area contributed by atoms with Crippen LogP contribution in [0, 0.1) is 11.7 Å². The lowest BCUT2D eigenvalue weighted by molar-refractivity contribution is 0.489. The zero-order chi connectivity index (χ0) is 26.2. The van der Waals surface area contributed by atoms with Crippen molar-refractivity contribution in [2.24, 2.45) is 5.92 Å². The molecule has 1 aliphatic rings. The van der Waals surface area contributed by atoms with Gasteiger partial charge in [-0.25, -0.2) is 14.4 Å². The van der Waals surface area contributed by atoms with Crippen molar-refractivity contribution >= 4 is 22.1 Å². The number of halogens is 1. The summed E-state index contributed by atoms with van der Waals surface area (Å²) < 4.78 is 13.5. The van der Waals surface area contributed by atoms with E-state index in [1.165, 1.54) is 43.4 Å². The Morgan fingerprint density at radius 3 is 2.62 bits per heavy atom. The molecule has 7 heteroatoms. The summed E-state index contributed by atoms with van der Waals surface area (Å²) in [5.74, 6) is 1.25. The fourth-order valence-corrected chi connectivity index (χ4v) is 5.75. The number of imidazole rings is 1. The van der Waals surface area contributed by atoms with Crippen molar-refractivity contribution in [1.82, 2.24) is 30.5 Å². The van der Waals surface area contributed by atoms with Crippen molar-refractivity contribution in [2.75, 3.05) is 6.54 Å². The summed E-state index contributed by atoms with van der Waals surface area (Å²) in [5.41, 5.74) is 8.43. The molecule has 194 valence electrons. The van der Waals surface area contributed by atoms with Crippen LogP contribution in [-0.4, -0.2) is 31.7 Å². The zero-order valence-corrected chi connectivity index (χ0v) is 21.5. The van der Waals surface area contributed by atoms with Crippen LogP contribution in [0.3, 0.4) is 0 Å². The molecule has 1 aliphatic carbocycles. The van der Waals surface area contributed by atoms with E-state index in [1.807, 2.05) is 24.4 Å². The zero-order valence-electron chi connectivity index (χ0n) is 21.5. The van der Waals surface area contributed by atoms with Gasteiger partial charge < -0.3 is 10.3 Å². The molecule has 0 amide bonds. The summed E-state index contributed by atoms with van der Waals surface area (Å²) in [7, 11) is 0. The summed E-state index contributed by atoms with van der Waals surface area (Å²) >= 11 is 0. The van der Waals surface area contributed by atoms with Crippen LogP contribution in [-0.2, 0) is 6.54 Å². The van der Waals surface area contributed by atoms with Gasteiger partial charge in [0.2, 0.25) is 0 Å². The van der Waals surface area contributed by atoms with Gasteiger partial charge in [0, 0.05) is 23.9 Å². The normalized spacial score (nSPS) is 14.1. The van der Waals surface area contributed by atoms with E-state index >= 15 is 0 Å². The number of aromatic amines is 2. The lowest BCUT2D eigenvalue weighted by atomic mass is 10.0. The van der Waals surface area contributed by atoms with E-state index in [2.05, 4.69) is 55.8 Å². The lowest BCUT2D eigenvalue weighted by Gasteiger charge is -2.11. The Labute approximate surface area is 225 Å². The molecule has 0 aliphatic heterocycles. The fraction of sp³-hybridized carbons (Fsp3) is 0.219. The number of nitrogens with one attached hydrogen (secondary N) is 3. The first-order valence-electron chi connectivity index (χ1n) is 13.6. The first-order chi connectivity index (χ1) is 19.2. The molecule has 3 heterocycles. The van der Waals surface area contributed by atoms with E-state index in [0.29, 0.717) is 11.5 Å². The SMILES string of the molecule is Fc1ccc(-c2cccc3[nH]c(-c4[nH]nc5ncc(-c6cccc(CNCC7CCCC7)c6)cc45)nc23)cc1. The third kappa shape index (κ3) is 4.70. The number of fused-ring (bicyclic) bond motifs is 2. The second-order valence-electron chi connectivity index (χ2n) is 10.5. The lowest BCUT2D eigenvalue weighted by Crippen LogP contribution is -2.20. The highest BCUT2D eigenvalue weighted by molar-refractivity contribution is 5.97. The molecule has 3 aromatic carbocycles. The number of H-pyrrole nitrogens is 2. The van der Waals surface area contributed by atoms with Crippen LogP contribution in [0.2, 0.25) is 0 Å². The molecule has 39 heavy (non-hydrogen) atoms. The Morgan fingerprint density at radius 2 is 1.74 bits per heavy atom. The molecule has 0 spiro atoms. The molecule has 1 fully saturated rings. The van der Waals surface area contributed by atoms with Crippen LogP contribution in [0.15, 0.2) is 79.0 Å². The van der Waals surface area contributed by atoms with Gasteiger partial charge in [-0.3, -0.25) is 5.10 Å².